The molecule has 3 aromatic carbocycles. The first kappa shape index (κ1) is 31.2. The van der Waals surface area contributed by atoms with E-state index in [9.17, 15) is 26.8 Å². The van der Waals surface area contributed by atoms with Gasteiger partial charge in [0, 0.05) is 32.0 Å². The van der Waals surface area contributed by atoms with Crippen LogP contribution in [-0.2, 0) is 32.6 Å². The lowest BCUT2D eigenvalue weighted by Crippen LogP contribution is -2.52. The van der Waals surface area contributed by atoms with Crippen LogP contribution in [0.5, 0.6) is 0 Å². The molecule has 4 rings (SSSR count). The molecule has 224 valence electrons. The lowest BCUT2D eigenvalue weighted by molar-refractivity contribution is -0.141. The molecule has 3 aromatic rings. The third-order valence-electron chi connectivity index (χ3n) is 7.51. The van der Waals surface area contributed by atoms with Crippen LogP contribution in [0.3, 0.4) is 0 Å². The van der Waals surface area contributed by atoms with Gasteiger partial charge in [-0.1, -0.05) is 55.3 Å². The smallest absolute Gasteiger partial charge is 0.243 e. The molecule has 1 N–H and O–H groups in total. The summed E-state index contributed by atoms with van der Waals surface area (Å²) in [6, 6.07) is 19.6. The van der Waals surface area contributed by atoms with E-state index in [2.05, 4.69) is 5.32 Å². The molecule has 0 bridgehead atoms. The van der Waals surface area contributed by atoms with Crippen molar-refractivity contribution in [2.24, 2.45) is 0 Å². The number of rotatable bonds is 13. The quantitative estimate of drug-likeness (QED) is 0.293. The van der Waals surface area contributed by atoms with E-state index in [1.807, 2.05) is 30.3 Å². The Morgan fingerprint density at radius 2 is 1.48 bits per heavy atom. The minimum atomic E-state index is -3.70. The summed E-state index contributed by atoms with van der Waals surface area (Å²) < 4.78 is 53.3. The van der Waals surface area contributed by atoms with Crippen LogP contribution in [0.2, 0.25) is 0 Å². The van der Waals surface area contributed by atoms with Crippen LogP contribution in [0, 0.1) is 11.6 Å². The number of hydrogen-bond donors (Lipinski definition) is 1. The first-order valence-corrected chi connectivity index (χ1v) is 16.1. The highest BCUT2D eigenvalue weighted by atomic mass is 32.2. The summed E-state index contributed by atoms with van der Waals surface area (Å²) in [5, 5.41) is 3.14. The number of carbonyl (C=O) groups is 2. The predicted octanol–water partition coefficient (Wildman–Crippen LogP) is 5.21. The highest BCUT2D eigenvalue weighted by Gasteiger charge is 2.32. The van der Waals surface area contributed by atoms with Crippen molar-refractivity contribution in [1.82, 2.24) is 10.2 Å². The number of hydrogen-bond acceptors (Lipinski definition) is 4. The zero-order valence-corrected chi connectivity index (χ0v) is 24.5. The number of sulfonamides is 1. The maximum Gasteiger partial charge on any atom is 0.243 e. The van der Waals surface area contributed by atoms with Gasteiger partial charge in [0.15, 0.2) is 0 Å². The Balaban J connectivity index is 1.57. The summed E-state index contributed by atoms with van der Waals surface area (Å²) in [7, 11) is -3.70. The molecule has 42 heavy (non-hydrogen) atoms. The lowest BCUT2D eigenvalue weighted by atomic mass is 10.0. The molecule has 1 fully saturated rings. The van der Waals surface area contributed by atoms with Gasteiger partial charge in [0.25, 0.3) is 0 Å². The number of carbonyl (C=O) groups excluding carboxylic acids is 2. The molecule has 0 radical (unpaired) electrons. The molecule has 1 saturated carbocycles. The van der Waals surface area contributed by atoms with E-state index in [0.29, 0.717) is 11.3 Å². The monoisotopic (exact) mass is 597 g/mol. The lowest BCUT2D eigenvalue weighted by Gasteiger charge is -2.33. The van der Waals surface area contributed by atoms with Gasteiger partial charge in [-0.3, -0.25) is 13.9 Å². The second-order valence-corrected chi connectivity index (χ2v) is 12.7. The molecule has 1 unspecified atom stereocenters. The van der Waals surface area contributed by atoms with Gasteiger partial charge in [0.2, 0.25) is 21.8 Å². The fourth-order valence-corrected chi connectivity index (χ4v) is 6.28. The Hall–Kier alpha value is -3.79. The second-order valence-electron chi connectivity index (χ2n) is 10.8. The van der Waals surface area contributed by atoms with Gasteiger partial charge in [-0.2, -0.15) is 0 Å². The van der Waals surface area contributed by atoms with Crippen LogP contribution in [0.25, 0.3) is 0 Å². The number of amides is 2. The average molecular weight is 598 g/mol. The van der Waals surface area contributed by atoms with E-state index >= 15 is 0 Å². The minimum absolute atomic E-state index is 0.00177. The van der Waals surface area contributed by atoms with Crippen LogP contribution in [0.1, 0.15) is 49.7 Å². The van der Waals surface area contributed by atoms with Crippen LogP contribution in [-0.4, -0.2) is 50.0 Å². The molecule has 7 nitrogen and oxygen atoms in total. The summed E-state index contributed by atoms with van der Waals surface area (Å²) in [5.41, 5.74) is 1.86. The maximum atomic E-state index is 13.9. The van der Waals surface area contributed by atoms with E-state index < -0.39 is 27.7 Å². The van der Waals surface area contributed by atoms with Gasteiger partial charge in [0.1, 0.15) is 17.7 Å². The summed E-state index contributed by atoms with van der Waals surface area (Å²) in [5.74, 6) is -1.46. The van der Waals surface area contributed by atoms with Crippen molar-refractivity contribution in [2.75, 3.05) is 17.1 Å². The fourth-order valence-electron chi connectivity index (χ4n) is 5.32. The van der Waals surface area contributed by atoms with Crippen LogP contribution >= 0.6 is 0 Å². The van der Waals surface area contributed by atoms with E-state index in [4.69, 9.17) is 0 Å². The van der Waals surface area contributed by atoms with Gasteiger partial charge in [-0.15, -0.1) is 0 Å². The minimum Gasteiger partial charge on any atom is -0.352 e. The largest absolute Gasteiger partial charge is 0.352 e. The van der Waals surface area contributed by atoms with Crippen molar-refractivity contribution >= 4 is 27.5 Å². The molecule has 1 atom stereocenters. The SMILES string of the molecule is CS(=O)(=O)N(CCCC(=O)N(Cc1ccc(F)cc1)C(Cc1ccccc1)C(=O)NC1CCCC1)c1ccc(F)cc1. The molecule has 10 heteroatoms. The van der Waals surface area contributed by atoms with Crippen molar-refractivity contribution in [3.63, 3.8) is 0 Å². The van der Waals surface area contributed by atoms with E-state index in [0.717, 1.165) is 41.8 Å². The van der Waals surface area contributed by atoms with Crippen molar-refractivity contribution in [3.05, 3.63) is 102 Å². The van der Waals surface area contributed by atoms with Crippen LogP contribution < -0.4 is 9.62 Å². The molecular weight excluding hydrogens is 560 g/mol. The Morgan fingerprint density at radius 1 is 0.881 bits per heavy atom. The first-order valence-electron chi connectivity index (χ1n) is 14.2. The Kier molecular flexibility index (Phi) is 10.7. The molecular formula is C32H37F2N3O4S. The highest BCUT2D eigenvalue weighted by molar-refractivity contribution is 7.92. The zero-order valence-electron chi connectivity index (χ0n) is 23.7. The standard InChI is InChI=1S/C32H37F2N3O4S/c1-42(40,41)37(29-19-17-27(34)18-20-29)21-7-12-31(38)36(23-25-13-15-26(33)16-14-25)30(22-24-8-3-2-4-9-24)32(39)35-28-10-5-6-11-28/h2-4,8-9,13-20,28,30H,5-7,10-12,21-23H2,1H3,(H,35,39). The summed E-state index contributed by atoms with van der Waals surface area (Å²) in [4.78, 5) is 29.1. The molecule has 1 aliphatic rings. The van der Waals surface area contributed by atoms with Gasteiger partial charge in [-0.25, -0.2) is 17.2 Å². The molecule has 0 heterocycles. The van der Waals surface area contributed by atoms with Gasteiger partial charge in [0.05, 0.1) is 11.9 Å². The van der Waals surface area contributed by atoms with Crippen LogP contribution in [0.15, 0.2) is 78.9 Å². The first-order chi connectivity index (χ1) is 20.1. The Morgan fingerprint density at radius 3 is 2.07 bits per heavy atom. The fraction of sp³-hybridized carbons (Fsp3) is 0.375. The number of nitrogens with zero attached hydrogens (tertiary/aromatic N) is 2. The number of benzene rings is 3. The number of nitrogens with one attached hydrogen (secondary N) is 1. The highest BCUT2D eigenvalue weighted by Crippen LogP contribution is 2.22. The third kappa shape index (κ3) is 8.85. The van der Waals surface area contributed by atoms with E-state index in [1.54, 1.807) is 12.1 Å². The molecule has 1 aliphatic carbocycles. The van der Waals surface area contributed by atoms with Crippen molar-refractivity contribution in [3.8, 4) is 0 Å². The average Bonchev–Trinajstić information content (AvgIpc) is 3.47. The topological polar surface area (TPSA) is 86.8 Å². The van der Waals surface area contributed by atoms with Gasteiger partial charge < -0.3 is 10.2 Å². The normalized spacial score (nSPS) is 14.4. The molecule has 0 aromatic heterocycles. The van der Waals surface area contributed by atoms with Gasteiger partial charge >= 0.3 is 0 Å². The van der Waals surface area contributed by atoms with Crippen LogP contribution in [0.4, 0.5) is 14.5 Å². The molecule has 0 aliphatic heterocycles. The molecule has 2 amide bonds. The molecule has 0 saturated heterocycles. The Labute approximate surface area is 246 Å². The number of anilines is 1. The zero-order chi connectivity index (χ0) is 30.1. The third-order valence-corrected chi connectivity index (χ3v) is 8.70. The molecule has 0 spiro atoms. The summed E-state index contributed by atoms with van der Waals surface area (Å²) in [6.45, 7) is 0.0840. The maximum absolute atomic E-state index is 13.9. The summed E-state index contributed by atoms with van der Waals surface area (Å²) >= 11 is 0. The Bertz CT molecular complexity index is 1430. The van der Waals surface area contributed by atoms with Gasteiger partial charge in [-0.05, 0) is 66.8 Å². The van der Waals surface area contributed by atoms with E-state index in [1.165, 1.54) is 41.3 Å². The second kappa shape index (κ2) is 14.4. The van der Waals surface area contributed by atoms with Crippen molar-refractivity contribution in [2.45, 2.75) is 63.6 Å². The van der Waals surface area contributed by atoms with E-state index in [-0.39, 0.29) is 50.2 Å². The number of halogens is 2. The summed E-state index contributed by atoms with van der Waals surface area (Å²) in [6.07, 6.45) is 5.34. The predicted molar refractivity (Wildman–Crippen MR) is 159 cm³/mol. The van der Waals surface area contributed by atoms with Crippen molar-refractivity contribution < 1.29 is 26.8 Å². The van der Waals surface area contributed by atoms with Crippen molar-refractivity contribution in [1.29, 1.82) is 0 Å².